The third kappa shape index (κ3) is 1.90. The van der Waals surface area contributed by atoms with Crippen molar-refractivity contribution in [3.8, 4) is 6.07 Å². The van der Waals surface area contributed by atoms with Crippen LogP contribution in [-0.4, -0.2) is 40.2 Å². The van der Waals surface area contributed by atoms with Gasteiger partial charge in [-0.05, 0) is 13.8 Å². The number of nitrogens with zero attached hydrogens (tertiary/aromatic N) is 3. The van der Waals surface area contributed by atoms with Crippen molar-refractivity contribution in [1.82, 2.24) is 15.1 Å². The SMILES string of the molecule is C[C@@H]1Cc2c(C(=O)N3CC(C#N)C3)n[nH]c2[C@H](C)O1. The van der Waals surface area contributed by atoms with Gasteiger partial charge >= 0.3 is 0 Å². The molecular formula is C13H16N4O2. The first-order chi connectivity index (χ1) is 9.10. The van der Waals surface area contributed by atoms with Crippen LogP contribution in [0.25, 0.3) is 0 Å². The lowest BCUT2D eigenvalue weighted by atomic mass is 9.97. The maximum Gasteiger partial charge on any atom is 0.274 e. The van der Waals surface area contributed by atoms with E-state index in [1.165, 1.54) is 0 Å². The molecule has 1 saturated heterocycles. The highest BCUT2D eigenvalue weighted by molar-refractivity contribution is 5.94. The molecule has 19 heavy (non-hydrogen) atoms. The van der Waals surface area contributed by atoms with Gasteiger partial charge in [-0.25, -0.2) is 0 Å². The van der Waals surface area contributed by atoms with Crippen LogP contribution in [0, 0.1) is 17.2 Å². The highest BCUT2D eigenvalue weighted by atomic mass is 16.5. The minimum absolute atomic E-state index is 0.0279. The van der Waals surface area contributed by atoms with E-state index in [9.17, 15) is 4.79 Å². The summed E-state index contributed by atoms with van der Waals surface area (Å²) in [7, 11) is 0. The number of nitriles is 1. The zero-order chi connectivity index (χ0) is 13.6. The van der Waals surface area contributed by atoms with Gasteiger partial charge in [-0.3, -0.25) is 9.89 Å². The molecule has 0 saturated carbocycles. The van der Waals surface area contributed by atoms with Crippen molar-refractivity contribution in [3.63, 3.8) is 0 Å². The molecule has 0 radical (unpaired) electrons. The molecule has 1 aromatic heterocycles. The number of hydrogen-bond donors (Lipinski definition) is 1. The van der Waals surface area contributed by atoms with E-state index < -0.39 is 0 Å². The number of nitrogens with one attached hydrogen (secondary N) is 1. The number of aromatic amines is 1. The van der Waals surface area contributed by atoms with Gasteiger partial charge in [0.1, 0.15) is 0 Å². The Labute approximate surface area is 111 Å². The van der Waals surface area contributed by atoms with Gasteiger partial charge < -0.3 is 9.64 Å². The minimum Gasteiger partial charge on any atom is -0.369 e. The molecule has 2 aliphatic rings. The number of aromatic nitrogens is 2. The number of carbonyl (C=O) groups excluding carboxylic acids is 1. The highest BCUT2D eigenvalue weighted by Gasteiger charge is 2.36. The van der Waals surface area contributed by atoms with E-state index in [-0.39, 0.29) is 24.0 Å². The molecule has 2 aliphatic heterocycles. The van der Waals surface area contributed by atoms with Crippen LogP contribution in [-0.2, 0) is 11.2 Å². The summed E-state index contributed by atoms with van der Waals surface area (Å²) in [4.78, 5) is 14.0. The number of carbonyl (C=O) groups is 1. The van der Waals surface area contributed by atoms with E-state index in [2.05, 4.69) is 16.3 Å². The maximum atomic E-state index is 12.3. The Hall–Kier alpha value is -1.87. The van der Waals surface area contributed by atoms with E-state index in [1.807, 2.05) is 13.8 Å². The molecule has 6 nitrogen and oxygen atoms in total. The monoisotopic (exact) mass is 260 g/mol. The Bertz CT molecular complexity index is 553. The summed E-state index contributed by atoms with van der Waals surface area (Å²) in [6, 6.07) is 2.17. The zero-order valence-electron chi connectivity index (χ0n) is 11.0. The summed E-state index contributed by atoms with van der Waals surface area (Å²) < 4.78 is 5.70. The minimum atomic E-state index is -0.0784. The predicted molar refractivity (Wildman–Crippen MR) is 66.3 cm³/mol. The van der Waals surface area contributed by atoms with E-state index in [0.29, 0.717) is 25.2 Å². The Morgan fingerprint density at radius 1 is 1.53 bits per heavy atom. The van der Waals surface area contributed by atoms with Crippen molar-refractivity contribution in [1.29, 1.82) is 5.26 Å². The van der Waals surface area contributed by atoms with Crippen molar-refractivity contribution in [2.75, 3.05) is 13.1 Å². The van der Waals surface area contributed by atoms with Gasteiger partial charge in [0.2, 0.25) is 0 Å². The molecule has 1 N–H and O–H groups in total. The van der Waals surface area contributed by atoms with Gasteiger partial charge in [-0.2, -0.15) is 10.4 Å². The molecule has 3 heterocycles. The first kappa shape index (κ1) is 12.2. The molecule has 1 aromatic rings. The summed E-state index contributed by atoms with van der Waals surface area (Å²) in [6.07, 6.45) is 0.734. The summed E-state index contributed by atoms with van der Waals surface area (Å²) in [5, 5.41) is 15.8. The van der Waals surface area contributed by atoms with Crippen LogP contribution in [0.1, 0.15) is 41.7 Å². The van der Waals surface area contributed by atoms with Gasteiger partial charge in [0, 0.05) is 25.1 Å². The number of hydrogen-bond acceptors (Lipinski definition) is 4. The quantitative estimate of drug-likeness (QED) is 0.817. The van der Waals surface area contributed by atoms with Crippen LogP contribution < -0.4 is 0 Å². The third-order valence-corrected chi connectivity index (χ3v) is 3.79. The molecule has 0 unspecified atom stereocenters. The second-order valence-corrected chi connectivity index (χ2v) is 5.29. The lowest BCUT2D eigenvalue weighted by Crippen LogP contribution is -2.49. The van der Waals surface area contributed by atoms with Crippen LogP contribution in [0.2, 0.25) is 0 Å². The van der Waals surface area contributed by atoms with Crippen molar-refractivity contribution in [2.45, 2.75) is 32.5 Å². The van der Waals surface area contributed by atoms with Gasteiger partial charge in [0.25, 0.3) is 5.91 Å². The smallest absolute Gasteiger partial charge is 0.274 e. The van der Waals surface area contributed by atoms with Crippen LogP contribution >= 0.6 is 0 Å². The molecule has 0 aliphatic carbocycles. The van der Waals surface area contributed by atoms with E-state index in [4.69, 9.17) is 10.00 Å². The van der Waals surface area contributed by atoms with Crippen molar-refractivity contribution in [2.24, 2.45) is 5.92 Å². The molecule has 6 heteroatoms. The molecule has 1 fully saturated rings. The van der Waals surface area contributed by atoms with Gasteiger partial charge in [0.15, 0.2) is 5.69 Å². The lowest BCUT2D eigenvalue weighted by molar-refractivity contribution is -0.00707. The molecule has 3 rings (SSSR count). The fraction of sp³-hybridized carbons (Fsp3) is 0.615. The van der Waals surface area contributed by atoms with Crippen LogP contribution in [0.3, 0.4) is 0 Å². The van der Waals surface area contributed by atoms with Crippen molar-refractivity contribution >= 4 is 5.91 Å². The van der Waals surface area contributed by atoms with Crippen LogP contribution in [0.15, 0.2) is 0 Å². The second kappa shape index (κ2) is 4.35. The Kier molecular flexibility index (Phi) is 2.79. The number of fused-ring (bicyclic) bond motifs is 1. The van der Waals surface area contributed by atoms with Gasteiger partial charge in [-0.15, -0.1) is 0 Å². The summed E-state index contributed by atoms with van der Waals surface area (Å²) >= 11 is 0. The standard InChI is InChI=1S/C13H16N4O2/c1-7-3-10-11(8(2)19-7)15-16-12(10)13(18)17-5-9(4-14)6-17/h7-9H,3,5-6H2,1-2H3,(H,15,16)/t7-,8+/m1/s1. The summed E-state index contributed by atoms with van der Waals surface area (Å²) in [5.74, 6) is -0.106. The van der Waals surface area contributed by atoms with Gasteiger partial charge in [0.05, 0.1) is 29.9 Å². The number of rotatable bonds is 1. The van der Waals surface area contributed by atoms with E-state index >= 15 is 0 Å². The summed E-state index contributed by atoms with van der Waals surface area (Å²) in [5.41, 5.74) is 2.36. The lowest BCUT2D eigenvalue weighted by Gasteiger charge is -2.35. The zero-order valence-corrected chi connectivity index (χ0v) is 11.0. The average molecular weight is 260 g/mol. The fourth-order valence-corrected chi connectivity index (χ4v) is 2.73. The number of H-pyrrole nitrogens is 1. The molecule has 0 bridgehead atoms. The van der Waals surface area contributed by atoms with E-state index in [0.717, 1.165) is 11.3 Å². The Morgan fingerprint density at radius 2 is 2.26 bits per heavy atom. The first-order valence-corrected chi connectivity index (χ1v) is 6.51. The predicted octanol–water partition coefficient (Wildman–Crippen LogP) is 1.03. The van der Waals surface area contributed by atoms with Crippen LogP contribution in [0.5, 0.6) is 0 Å². The number of likely N-dealkylation sites (tertiary alicyclic amines) is 1. The number of ether oxygens (including phenoxy) is 1. The topological polar surface area (TPSA) is 82.0 Å². The van der Waals surface area contributed by atoms with Crippen molar-refractivity contribution < 1.29 is 9.53 Å². The molecule has 100 valence electrons. The fourth-order valence-electron chi connectivity index (χ4n) is 2.73. The average Bonchev–Trinajstić information content (AvgIpc) is 2.71. The molecule has 0 spiro atoms. The van der Waals surface area contributed by atoms with E-state index in [1.54, 1.807) is 4.90 Å². The first-order valence-electron chi connectivity index (χ1n) is 6.51. The molecule has 0 aromatic carbocycles. The highest BCUT2D eigenvalue weighted by Crippen LogP contribution is 2.31. The number of amides is 1. The Morgan fingerprint density at radius 3 is 2.95 bits per heavy atom. The maximum absolute atomic E-state index is 12.3. The van der Waals surface area contributed by atoms with Gasteiger partial charge in [-0.1, -0.05) is 0 Å². The second-order valence-electron chi connectivity index (χ2n) is 5.29. The Balaban J connectivity index is 1.83. The van der Waals surface area contributed by atoms with Crippen molar-refractivity contribution in [3.05, 3.63) is 17.0 Å². The van der Waals surface area contributed by atoms with Crippen LogP contribution in [0.4, 0.5) is 0 Å². The molecule has 1 amide bonds. The third-order valence-electron chi connectivity index (χ3n) is 3.79. The molecule has 2 atom stereocenters. The normalized spacial score (nSPS) is 26.5. The largest absolute Gasteiger partial charge is 0.369 e. The molecular weight excluding hydrogens is 244 g/mol. The summed E-state index contributed by atoms with van der Waals surface area (Å²) in [6.45, 7) is 4.98.